The number of rotatable bonds is 6. The molecule has 1 N–H and O–H groups in total. The second-order valence-corrected chi connectivity index (χ2v) is 7.42. The van der Waals surface area contributed by atoms with Crippen molar-refractivity contribution in [2.45, 2.75) is 31.9 Å². The number of hydrogen-bond acceptors (Lipinski definition) is 4. The third-order valence-electron chi connectivity index (χ3n) is 5.19. The normalized spacial score (nSPS) is 18.0. The number of carbonyl (C=O) groups is 2. The van der Waals surface area contributed by atoms with Crippen molar-refractivity contribution in [2.75, 3.05) is 6.54 Å². The number of nitrogens with zero attached hydrogens (tertiary/aromatic N) is 2. The molecule has 1 unspecified atom stereocenters. The maximum absolute atomic E-state index is 12.8. The Morgan fingerprint density at radius 3 is 2.76 bits per heavy atom. The minimum absolute atomic E-state index is 0.290. The lowest BCUT2D eigenvalue weighted by Crippen LogP contribution is -2.52. The van der Waals surface area contributed by atoms with E-state index in [0.29, 0.717) is 24.9 Å². The van der Waals surface area contributed by atoms with Crippen molar-refractivity contribution in [3.8, 4) is 0 Å². The lowest BCUT2D eigenvalue weighted by molar-refractivity contribution is -0.139. The molecule has 1 amide bonds. The van der Waals surface area contributed by atoms with Crippen LogP contribution in [-0.2, 0) is 28.9 Å². The number of imidazole rings is 1. The van der Waals surface area contributed by atoms with E-state index in [9.17, 15) is 9.59 Å². The monoisotopic (exact) mass is 389 g/mol. The van der Waals surface area contributed by atoms with Crippen LogP contribution in [0.3, 0.4) is 0 Å². The summed E-state index contributed by atoms with van der Waals surface area (Å²) in [5.74, 6) is 0.148. The summed E-state index contributed by atoms with van der Waals surface area (Å²) in [6, 6.07) is 17.4. The maximum atomic E-state index is 12.8. The van der Waals surface area contributed by atoms with Crippen molar-refractivity contribution in [2.24, 2.45) is 0 Å². The van der Waals surface area contributed by atoms with Crippen LogP contribution in [0.2, 0.25) is 0 Å². The molecule has 0 radical (unpaired) electrons. The summed E-state index contributed by atoms with van der Waals surface area (Å²) in [6.45, 7) is 2.81. The van der Waals surface area contributed by atoms with Gasteiger partial charge in [-0.2, -0.15) is 0 Å². The zero-order chi connectivity index (χ0) is 20.3. The molecule has 6 heteroatoms. The van der Waals surface area contributed by atoms with Crippen LogP contribution in [0.4, 0.5) is 0 Å². The molecule has 2 aromatic carbocycles. The van der Waals surface area contributed by atoms with Gasteiger partial charge in [0.05, 0.1) is 5.56 Å². The Bertz CT molecular complexity index is 1030. The van der Waals surface area contributed by atoms with Crippen LogP contribution in [0.15, 0.2) is 67.0 Å². The SMILES string of the molecule is CC1(C(=O)NCCc2nccn2Cc2ccccc2)Cc2ccccc2C(=O)O1. The lowest BCUT2D eigenvalue weighted by Gasteiger charge is -2.33. The van der Waals surface area contributed by atoms with E-state index in [1.54, 1.807) is 25.3 Å². The number of hydrogen-bond donors (Lipinski definition) is 1. The third kappa shape index (κ3) is 4.06. The maximum Gasteiger partial charge on any atom is 0.339 e. The average Bonchev–Trinajstić information content (AvgIpc) is 3.15. The molecule has 0 aliphatic carbocycles. The fraction of sp³-hybridized carbons (Fsp3) is 0.261. The van der Waals surface area contributed by atoms with E-state index in [2.05, 4.69) is 27.0 Å². The van der Waals surface area contributed by atoms with Crippen LogP contribution in [0.25, 0.3) is 0 Å². The number of ether oxygens (including phenoxy) is 1. The topological polar surface area (TPSA) is 73.2 Å². The van der Waals surface area contributed by atoms with Gasteiger partial charge in [0.2, 0.25) is 0 Å². The molecule has 0 bridgehead atoms. The number of carbonyl (C=O) groups excluding carboxylic acids is 2. The minimum Gasteiger partial charge on any atom is -0.445 e. The predicted octanol–water partition coefficient (Wildman–Crippen LogP) is 2.76. The summed E-state index contributed by atoms with van der Waals surface area (Å²) >= 11 is 0. The van der Waals surface area contributed by atoms with Gasteiger partial charge < -0.3 is 14.6 Å². The van der Waals surface area contributed by atoms with Gasteiger partial charge in [-0.3, -0.25) is 4.79 Å². The fourth-order valence-corrected chi connectivity index (χ4v) is 3.63. The molecule has 0 fully saturated rings. The van der Waals surface area contributed by atoms with Crippen molar-refractivity contribution in [3.05, 3.63) is 89.5 Å². The highest BCUT2D eigenvalue weighted by molar-refractivity contribution is 5.97. The highest BCUT2D eigenvalue weighted by Crippen LogP contribution is 2.28. The van der Waals surface area contributed by atoms with Crippen molar-refractivity contribution in [1.82, 2.24) is 14.9 Å². The molecule has 1 aromatic heterocycles. The molecule has 4 rings (SSSR count). The van der Waals surface area contributed by atoms with E-state index in [1.807, 2.05) is 36.5 Å². The van der Waals surface area contributed by atoms with Crippen molar-refractivity contribution in [1.29, 1.82) is 0 Å². The van der Waals surface area contributed by atoms with Gasteiger partial charge >= 0.3 is 5.97 Å². The summed E-state index contributed by atoms with van der Waals surface area (Å²) in [7, 11) is 0. The highest BCUT2D eigenvalue weighted by Gasteiger charge is 2.42. The Kier molecular flexibility index (Phi) is 5.16. The Labute approximate surface area is 169 Å². The number of amides is 1. The van der Waals surface area contributed by atoms with Gasteiger partial charge in [0.1, 0.15) is 5.82 Å². The largest absolute Gasteiger partial charge is 0.445 e. The van der Waals surface area contributed by atoms with Crippen LogP contribution >= 0.6 is 0 Å². The molecule has 148 valence electrons. The van der Waals surface area contributed by atoms with Gasteiger partial charge in [-0.25, -0.2) is 9.78 Å². The van der Waals surface area contributed by atoms with Crippen LogP contribution in [0.1, 0.15) is 34.2 Å². The molecule has 6 nitrogen and oxygen atoms in total. The van der Waals surface area contributed by atoms with Gasteiger partial charge in [0.15, 0.2) is 5.60 Å². The van der Waals surface area contributed by atoms with E-state index in [1.165, 1.54) is 5.56 Å². The first kappa shape index (κ1) is 18.9. The fourth-order valence-electron chi connectivity index (χ4n) is 3.63. The van der Waals surface area contributed by atoms with Gasteiger partial charge in [0.25, 0.3) is 5.91 Å². The van der Waals surface area contributed by atoms with E-state index >= 15 is 0 Å². The molecular formula is C23H23N3O3. The van der Waals surface area contributed by atoms with Gasteiger partial charge in [-0.15, -0.1) is 0 Å². The molecule has 29 heavy (non-hydrogen) atoms. The summed E-state index contributed by atoms with van der Waals surface area (Å²) in [5, 5.41) is 2.90. The molecule has 1 aliphatic rings. The molecule has 0 spiro atoms. The zero-order valence-electron chi connectivity index (χ0n) is 16.3. The second-order valence-electron chi connectivity index (χ2n) is 7.42. The van der Waals surface area contributed by atoms with Gasteiger partial charge in [0, 0.05) is 38.3 Å². The summed E-state index contributed by atoms with van der Waals surface area (Å²) < 4.78 is 7.55. The number of fused-ring (bicyclic) bond motifs is 1. The molecule has 2 heterocycles. The third-order valence-corrected chi connectivity index (χ3v) is 5.19. The van der Waals surface area contributed by atoms with Crippen molar-refractivity contribution < 1.29 is 14.3 Å². The number of benzene rings is 2. The molecular weight excluding hydrogens is 366 g/mol. The quantitative estimate of drug-likeness (QED) is 0.658. The number of nitrogens with one attached hydrogen (secondary N) is 1. The van der Waals surface area contributed by atoms with E-state index < -0.39 is 11.6 Å². The van der Waals surface area contributed by atoms with E-state index in [0.717, 1.165) is 17.9 Å². The molecule has 1 atom stereocenters. The smallest absolute Gasteiger partial charge is 0.339 e. The minimum atomic E-state index is -1.20. The second kappa shape index (κ2) is 7.91. The van der Waals surface area contributed by atoms with Crippen LogP contribution < -0.4 is 5.32 Å². The first-order valence-electron chi connectivity index (χ1n) is 9.69. The van der Waals surface area contributed by atoms with Crippen LogP contribution in [0, 0.1) is 0 Å². The van der Waals surface area contributed by atoms with Crippen LogP contribution in [0.5, 0.6) is 0 Å². The summed E-state index contributed by atoms with van der Waals surface area (Å²) in [6.07, 6.45) is 4.65. The molecule has 3 aromatic rings. The predicted molar refractivity (Wildman–Crippen MR) is 108 cm³/mol. The first-order chi connectivity index (χ1) is 14.0. The number of esters is 1. The number of aromatic nitrogens is 2. The molecule has 0 saturated heterocycles. The lowest BCUT2D eigenvalue weighted by atomic mass is 9.89. The van der Waals surface area contributed by atoms with Gasteiger partial charge in [-0.05, 0) is 24.1 Å². The standard InChI is InChI=1S/C23H23N3O3/c1-23(15-18-9-5-6-10-19(18)21(27)29-23)22(28)25-12-11-20-24-13-14-26(20)16-17-7-3-2-4-8-17/h2-10,13-14H,11-12,15-16H2,1H3,(H,25,28). The number of cyclic esters (lactones) is 1. The first-order valence-corrected chi connectivity index (χ1v) is 9.69. The highest BCUT2D eigenvalue weighted by atomic mass is 16.6. The average molecular weight is 389 g/mol. The summed E-state index contributed by atoms with van der Waals surface area (Å²) in [4.78, 5) is 29.4. The Hall–Kier alpha value is -3.41. The van der Waals surface area contributed by atoms with Gasteiger partial charge in [-0.1, -0.05) is 48.5 Å². The summed E-state index contributed by atoms with van der Waals surface area (Å²) in [5.41, 5.74) is 1.35. The van der Waals surface area contributed by atoms with Crippen molar-refractivity contribution >= 4 is 11.9 Å². The Balaban J connectivity index is 1.36. The Morgan fingerprint density at radius 1 is 1.17 bits per heavy atom. The molecule has 0 saturated carbocycles. The zero-order valence-corrected chi connectivity index (χ0v) is 16.3. The Morgan fingerprint density at radius 2 is 1.93 bits per heavy atom. The van der Waals surface area contributed by atoms with E-state index in [4.69, 9.17) is 4.74 Å². The van der Waals surface area contributed by atoms with Crippen LogP contribution in [-0.4, -0.2) is 33.6 Å². The van der Waals surface area contributed by atoms with Crippen molar-refractivity contribution in [3.63, 3.8) is 0 Å². The van der Waals surface area contributed by atoms with E-state index in [-0.39, 0.29) is 5.91 Å². The molecule has 1 aliphatic heterocycles.